The SMILES string of the molecule is CC(NC(=O)c1cccc([N+](=O)[O-])c1)C(=O)NCCOc1ccc(F)cc1. The Bertz CT molecular complexity index is 826. The van der Waals surface area contributed by atoms with Gasteiger partial charge in [-0.3, -0.25) is 19.7 Å². The van der Waals surface area contributed by atoms with Gasteiger partial charge in [0.25, 0.3) is 11.6 Å². The third-order valence-electron chi connectivity index (χ3n) is 3.54. The number of nitro groups is 1. The molecular formula is C18H18FN3O5. The Morgan fingerprint density at radius 1 is 1.22 bits per heavy atom. The van der Waals surface area contributed by atoms with Crippen LogP contribution >= 0.6 is 0 Å². The second-order valence-corrected chi connectivity index (χ2v) is 5.60. The van der Waals surface area contributed by atoms with E-state index in [-0.39, 0.29) is 30.2 Å². The standard InChI is InChI=1S/C18H18FN3O5/c1-12(21-18(24)13-3-2-4-15(11-13)22(25)26)17(23)20-9-10-27-16-7-5-14(19)6-8-16/h2-8,11-12H,9-10H2,1H3,(H,20,23)(H,21,24). The topological polar surface area (TPSA) is 111 Å². The van der Waals surface area contributed by atoms with Crippen molar-refractivity contribution in [2.24, 2.45) is 0 Å². The maximum absolute atomic E-state index is 12.8. The molecule has 8 nitrogen and oxygen atoms in total. The lowest BCUT2D eigenvalue weighted by Crippen LogP contribution is -2.45. The molecular weight excluding hydrogens is 357 g/mol. The molecule has 0 spiro atoms. The highest BCUT2D eigenvalue weighted by Gasteiger charge is 2.17. The number of nitrogens with zero attached hydrogens (tertiary/aromatic N) is 1. The molecule has 0 aliphatic carbocycles. The van der Waals surface area contributed by atoms with Crippen LogP contribution in [0.2, 0.25) is 0 Å². The summed E-state index contributed by atoms with van der Waals surface area (Å²) in [5, 5.41) is 15.8. The Hall–Kier alpha value is -3.49. The van der Waals surface area contributed by atoms with Crippen molar-refractivity contribution in [3.63, 3.8) is 0 Å². The lowest BCUT2D eigenvalue weighted by atomic mass is 10.1. The van der Waals surface area contributed by atoms with Crippen LogP contribution in [0, 0.1) is 15.9 Å². The number of amides is 2. The molecule has 2 aromatic carbocycles. The molecule has 0 saturated carbocycles. The largest absolute Gasteiger partial charge is 0.492 e. The Morgan fingerprint density at radius 2 is 1.93 bits per heavy atom. The lowest BCUT2D eigenvalue weighted by Gasteiger charge is -2.14. The normalized spacial score (nSPS) is 11.3. The van der Waals surface area contributed by atoms with E-state index in [1.807, 2.05) is 0 Å². The molecule has 0 fully saturated rings. The molecule has 0 bridgehead atoms. The van der Waals surface area contributed by atoms with Crippen LogP contribution in [-0.4, -0.2) is 35.9 Å². The number of carbonyl (C=O) groups is 2. The molecule has 9 heteroatoms. The van der Waals surface area contributed by atoms with Gasteiger partial charge in [0.2, 0.25) is 5.91 Å². The minimum Gasteiger partial charge on any atom is -0.492 e. The lowest BCUT2D eigenvalue weighted by molar-refractivity contribution is -0.384. The summed E-state index contributed by atoms with van der Waals surface area (Å²) in [5.41, 5.74) is -0.124. The van der Waals surface area contributed by atoms with E-state index in [0.717, 1.165) is 6.07 Å². The maximum atomic E-state index is 12.8. The molecule has 0 aliphatic rings. The smallest absolute Gasteiger partial charge is 0.270 e. The van der Waals surface area contributed by atoms with Crippen LogP contribution in [0.3, 0.4) is 0 Å². The minimum absolute atomic E-state index is 0.0866. The monoisotopic (exact) mass is 375 g/mol. The summed E-state index contributed by atoms with van der Waals surface area (Å²) in [6.07, 6.45) is 0. The molecule has 0 saturated heterocycles. The van der Waals surface area contributed by atoms with Gasteiger partial charge in [-0.25, -0.2) is 4.39 Å². The van der Waals surface area contributed by atoms with E-state index in [2.05, 4.69) is 10.6 Å². The highest BCUT2D eigenvalue weighted by molar-refractivity contribution is 5.97. The number of ether oxygens (including phenoxy) is 1. The van der Waals surface area contributed by atoms with Gasteiger partial charge in [-0.15, -0.1) is 0 Å². The summed E-state index contributed by atoms with van der Waals surface area (Å²) in [7, 11) is 0. The zero-order chi connectivity index (χ0) is 19.8. The molecule has 2 rings (SSSR count). The number of rotatable bonds is 8. The first-order chi connectivity index (χ1) is 12.9. The van der Waals surface area contributed by atoms with Crippen molar-refractivity contribution in [3.8, 4) is 5.75 Å². The predicted molar refractivity (Wildman–Crippen MR) is 94.9 cm³/mol. The van der Waals surface area contributed by atoms with E-state index in [1.165, 1.54) is 49.4 Å². The van der Waals surface area contributed by atoms with E-state index in [1.54, 1.807) is 0 Å². The molecule has 2 N–H and O–H groups in total. The average molecular weight is 375 g/mol. The number of nitro benzene ring substituents is 1. The van der Waals surface area contributed by atoms with Crippen LogP contribution in [0.25, 0.3) is 0 Å². The van der Waals surface area contributed by atoms with Gasteiger partial charge < -0.3 is 15.4 Å². The van der Waals surface area contributed by atoms with Gasteiger partial charge in [0.15, 0.2) is 0 Å². The summed E-state index contributed by atoms with van der Waals surface area (Å²) in [4.78, 5) is 34.3. The van der Waals surface area contributed by atoms with E-state index < -0.39 is 22.8 Å². The van der Waals surface area contributed by atoms with Crippen molar-refractivity contribution in [1.29, 1.82) is 0 Å². The highest BCUT2D eigenvalue weighted by atomic mass is 19.1. The summed E-state index contributed by atoms with van der Waals surface area (Å²) in [5.74, 6) is -0.929. The molecule has 27 heavy (non-hydrogen) atoms. The third-order valence-corrected chi connectivity index (χ3v) is 3.54. The van der Waals surface area contributed by atoms with Gasteiger partial charge in [0, 0.05) is 17.7 Å². The van der Waals surface area contributed by atoms with E-state index in [9.17, 15) is 24.1 Å². The predicted octanol–water partition coefficient (Wildman–Crippen LogP) is 2.05. The van der Waals surface area contributed by atoms with Crippen molar-refractivity contribution < 1.29 is 23.6 Å². The summed E-state index contributed by atoms with van der Waals surface area (Å²) < 4.78 is 18.1. The fourth-order valence-electron chi connectivity index (χ4n) is 2.13. The number of nitrogens with one attached hydrogen (secondary N) is 2. The van der Waals surface area contributed by atoms with Gasteiger partial charge in [-0.05, 0) is 37.3 Å². The minimum atomic E-state index is -0.845. The van der Waals surface area contributed by atoms with Crippen molar-refractivity contribution in [2.45, 2.75) is 13.0 Å². The zero-order valence-electron chi connectivity index (χ0n) is 14.5. The Labute approximate surface area is 154 Å². The fraction of sp³-hybridized carbons (Fsp3) is 0.222. The van der Waals surface area contributed by atoms with Crippen LogP contribution in [0.4, 0.5) is 10.1 Å². The van der Waals surface area contributed by atoms with Crippen LogP contribution in [-0.2, 0) is 4.79 Å². The quantitative estimate of drug-likeness (QED) is 0.417. The second kappa shape index (κ2) is 9.27. The average Bonchev–Trinajstić information content (AvgIpc) is 2.66. The summed E-state index contributed by atoms with van der Waals surface area (Å²) in [6, 6.07) is 9.85. The van der Waals surface area contributed by atoms with Crippen LogP contribution in [0.1, 0.15) is 17.3 Å². The van der Waals surface area contributed by atoms with Crippen molar-refractivity contribution in [1.82, 2.24) is 10.6 Å². The van der Waals surface area contributed by atoms with Crippen LogP contribution in [0.5, 0.6) is 5.75 Å². The van der Waals surface area contributed by atoms with Gasteiger partial charge >= 0.3 is 0 Å². The van der Waals surface area contributed by atoms with Gasteiger partial charge in [-0.2, -0.15) is 0 Å². The van der Waals surface area contributed by atoms with Gasteiger partial charge in [0.05, 0.1) is 11.5 Å². The number of benzene rings is 2. The van der Waals surface area contributed by atoms with E-state index in [0.29, 0.717) is 5.75 Å². The van der Waals surface area contributed by atoms with Crippen molar-refractivity contribution >= 4 is 17.5 Å². The van der Waals surface area contributed by atoms with E-state index in [4.69, 9.17) is 4.74 Å². The van der Waals surface area contributed by atoms with Crippen molar-refractivity contribution in [3.05, 3.63) is 70.0 Å². The first-order valence-corrected chi connectivity index (χ1v) is 8.08. The number of halogens is 1. The molecule has 1 atom stereocenters. The number of hydrogen-bond donors (Lipinski definition) is 2. The number of hydrogen-bond acceptors (Lipinski definition) is 5. The first-order valence-electron chi connectivity index (χ1n) is 8.08. The number of non-ortho nitro benzene ring substituents is 1. The molecule has 142 valence electrons. The fourth-order valence-corrected chi connectivity index (χ4v) is 2.13. The molecule has 2 aromatic rings. The Morgan fingerprint density at radius 3 is 2.59 bits per heavy atom. The zero-order valence-corrected chi connectivity index (χ0v) is 14.5. The summed E-state index contributed by atoms with van der Waals surface area (Å²) in [6.45, 7) is 1.85. The second-order valence-electron chi connectivity index (χ2n) is 5.60. The highest BCUT2D eigenvalue weighted by Crippen LogP contribution is 2.13. The Balaban J connectivity index is 1.77. The van der Waals surface area contributed by atoms with Crippen molar-refractivity contribution in [2.75, 3.05) is 13.2 Å². The van der Waals surface area contributed by atoms with Gasteiger partial charge in [0.1, 0.15) is 24.2 Å². The third kappa shape index (κ3) is 6.07. The molecule has 0 aromatic heterocycles. The maximum Gasteiger partial charge on any atom is 0.270 e. The van der Waals surface area contributed by atoms with E-state index >= 15 is 0 Å². The molecule has 2 amide bonds. The van der Waals surface area contributed by atoms with Gasteiger partial charge in [-0.1, -0.05) is 6.07 Å². The molecule has 0 heterocycles. The Kier molecular flexibility index (Phi) is 6.81. The molecule has 1 unspecified atom stereocenters. The summed E-state index contributed by atoms with van der Waals surface area (Å²) >= 11 is 0. The molecule has 0 aliphatic heterocycles. The van der Waals surface area contributed by atoms with Crippen LogP contribution in [0.15, 0.2) is 48.5 Å². The number of carbonyl (C=O) groups excluding carboxylic acids is 2. The first kappa shape index (κ1) is 19.8. The molecule has 0 radical (unpaired) electrons. The van der Waals surface area contributed by atoms with Crippen LogP contribution < -0.4 is 15.4 Å².